The molecule has 0 aromatic carbocycles. The van der Waals surface area contributed by atoms with E-state index in [1.54, 1.807) is 29.5 Å². The van der Waals surface area contributed by atoms with Crippen molar-refractivity contribution in [2.45, 2.75) is 26.7 Å². The van der Waals surface area contributed by atoms with Crippen LogP contribution in [0.5, 0.6) is 0 Å². The molecule has 4 heterocycles. The Balaban J connectivity index is 1.80. The van der Waals surface area contributed by atoms with Crippen LogP contribution in [0.15, 0.2) is 55.1 Å². The summed E-state index contributed by atoms with van der Waals surface area (Å²) in [7, 11) is 0. The van der Waals surface area contributed by atoms with Crippen molar-refractivity contribution in [3.05, 3.63) is 66.5 Å². The second-order valence-electron chi connectivity index (χ2n) is 6.51. The standard InChI is InChI=1S/C20H19N7/c1-13(2)17-25-20(27(26-17)19-14(3)7-6-10-22-19)15-11-23-18(24-12-15)16-8-4-5-9-21-16/h4-13H,1-3H3. The lowest BCUT2D eigenvalue weighted by atomic mass is 10.2. The quantitative estimate of drug-likeness (QED) is 0.555. The number of aromatic nitrogens is 7. The van der Waals surface area contributed by atoms with Crippen LogP contribution in [0.2, 0.25) is 0 Å². The van der Waals surface area contributed by atoms with Gasteiger partial charge in [-0.3, -0.25) is 4.98 Å². The molecule has 0 atom stereocenters. The average Bonchev–Trinajstić information content (AvgIpc) is 3.15. The molecule has 27 heavy (non-hydrogen) atoms. The van der Waals surface area contributed by atoms with Gasteiger partial charge >= 0.3 is 0 Å². The lowest BCUT2D eigenvalue weighted by Gasteiger charge is -2.07. The van der Waals surface area contributed by atoms with E-state index >= 15 is 0 Å². The van der Waals surface area contributed by atoms with Crippen LogP contribution in [-0.2, 0) is 0 Å². The highest BCUT2D eigenvalue weighted by Crippen LogP contribution is 2.24. The minimum Gasteiger partial charge on any atom is -0.253 e. The molecule has 0 spiro atoms. The molecule has 0 bridgehead atoms. The highest BCUT2D eigenvalue weighted by molar-refractivity contribution is 5.58. The highest BCUT2D eigenvalue weighted by Gasteiger charge is 2.18. The van der Waals surface area contributed by atoms with Crippen LogP contribution in [0, 0.1) is 6.92 Å². The van der Waals surface area contributed by atoms with E-state index in [0.29, 0.717) is 11.6 Å². The molecular formula is C20H19N7. The Bertz CT molecular complexity index is 1050. The molecule has 0 aliphatic rings. The third-order valence-electron chi connectivity index (χ3n) is 4.13. The summed E-state index contributed by atoms with van der Waals surface area (Å²) in [5, 5.41) is 4.67. The lowest BCUT2D eigenvalue weighted by molar-refractivity contribution is 0.745. The van der Waals surface area contributed by atoms with Crippen molar-refractivity contribution in [2.75, 3.05) is 0 Å². The van der Waals surface area contributed by atoms with Gasteiger partial charge in [-0.2, -0.15) is 4.68 Å². The minimum absolute atomic E-state index is 0.197. The largest absolute Gasteiger partial charge is 0.253 e. The first kappa shape index (κ1) is 17.0. The van der Waals surface area contributed by atoms with E-state index in [-0.39, 0.29) is 5.92 Å². The summed E-state index contributed by atoms with van der Waals surface area (Å²) >= 11 is 0. The Morgan fingerprint density at radius 1 is 0.889 bits per heavy atom. The number of hydrogen-bond donors (Lipinski definition) is 0. The predicted molar refractivity (Wildman–Crippen MR) is 102 cm³/mol. The molecule has 0 unspecified atom stereocenters. The van der Waals surface area contributed by atoms with E-state index in [4.69, 9.17) is 4.98 Å². The Hall–Kier alpha value is -3.48. The molecule has 0 N–H and O–H groups in total. The van der Waals surface area contributed by atoms with Gasteiger partial charge in [-0.1, -0.05) is 26.0 Å². The third kappa shape index (κ3) is 3.31. The van der Waals surface area contributed by atoms with Gasteiger partial charge in [-0.25, -0.2) is 19.9 Å². The first-order chi connectivity index (χ1) is 13.1. The van der Waals surface area contributed by atoms with E-state index in [1.807, 2.05) is 37.3 Å². The number of aryl methyl sites for hydroxylation is 1. The molecule has 7 heteroatoms. The maximum Gasteiger partial charge on any atom is 0.178 e. The fourth-order valence-electron chi connectivity index (χ4n) is 2.68. The van der Waals surface area contributed by atoms with Gasteiger partial charge in [0.25, 0.3) is 0 Å². The Labute approximate surface area is 157 Å². The minimum atomic E-state index is 0.197. The van der Waals surface area contributed by atoms with Gasteiger partial charge in [0.15, 0.2) is 23.3 Å². The Morgan fingerprint density at radius 3 is 2.33 bits per heavy atom. The Kier molecular flexibility index (Phi) is 4.42. The van der Waals surface area contributed by atoms with E-state index in [9.17, 15) is 0 Å². The zero-order valence-electron chi connectivity index (χ0n) is 15.4. The lowest BCUT2D eigenvalue weighted by Crippen LogP contribution is -2.05. The van der Waals surface area contributed by atoms with Gasteiger partial charge in [0.2, 0.25) is 0 Å². The third-order valence-corrected chi connectivity index (χ3v) is 4.13. The summed E-state index contributed by atoms with van der Waals surface area (Å²) in [4.78, 5) is 22.4. The van der Waals surface area contributed by atoms with Crippen LogP contribution in [-0.4, -0.2) is 34.7 Å². The van der Waals surface area contributed by atoms with Crippen molar-refractivity contribution in [3.63, 3.8) is 0 Å². The van der Waals surface area contributed by atoms with Crippen LogP contribution in [0.1, 0.15) is 31.2 Å². The van der Waals surface area contributed by atoms with Gasteiger partial charge in [0, 0.05) is 30.7 Å². The average molecular weight is 357 g/mol. The van der Waals surface area contributed by atoms with Crippen molar-refractivity contribution in [2.24, 2.45) is 0 Å². The van der Waals surface area contributed by atoms with Crippen LogP contribution in [0.4, 0.5) is 0 Å². The van der Waals surface area contributed by atoms with Crippen LogP contribution < -0.4 is 0 Å². The van der Waals surface area contributed by atoms with Gasteiger partial charge < -0.3 is 0 Å². The van der Waals surface area contributed by atoms with Gasteiger partial charge in [0.1, 0.15) is 5.69 Å². The summed E-state index contributed by atoms with van der Waals surface area (Å²) in [6.45, 7) is 6.13. The molecule has 0 radical (unpaired) electrons. The molecule has 0 saturated heterocycles. The zero-order valence-corrected chi connectivity index (χ0v) is 15.4. The second kappa shape index (κ2) is 7.03. The fourth-order valence-corrected chi connectivity index (χ4v) is 2.68. The molecule has 0 aliphatic carbocycles. The summed E-state index contributed by atoms with van der Waals surface area (Å²) < 4.78 is 1.77. The molecule has 0 saturated carbocycles. The van der Waals surface area contributed by atoms with Crippen molar-refractivity contribution in [3.8, 4) is 28.7 Å². The normalized spacial score (nSPS) is 11.1. The van der Waals surface area contributed by atoms with Crippen molar-refractivity contribution in [1.29, 1.82) is 0 Å². The SMILES string of the molecule is Cc1cccnc1-n1nc(C(C)C)nc1-c1cnc(-c2ccccn2)nc1. The molecule has 0 amide bonds. The Morgan fingerprint density at radius 2 is 1.67 bits per heavy atom. The molecule has 0 fully saturated rings. The van der Waals surface area contributed by atoms with E-state index in [1.165, 1.54) is 0 Å². The predicted octanol–water partition coefficient (Wildman–Crippen LogP) is 3.61. The monoisotopic (exact) mass is 357 g/mol. The van der Waals surface area contributed by atoms with Crippen LogP contribution in [0.3, 0.4) is 0 Å². The van der Waals surface area contributed by atoms with E-state index < -0.39 is 0 Å². The summed E-state index contributed by atoms with van der Waals surface area (Å²) in [6.07, 6.45) is 6.98. The number of nitrogens with zero attached hydrogens (tertiary/aromatic N) is 7. The van der Waals surface area contributed by atoms with Gasteiger partial charge in [-0.05, 0) is 30.7 Å². The molecular weight excluding hydrogens is 338 g/mol. The highest BCUT2D eigenvalue weighted by atomic mass is 15.4. The first-order valence-electron chi connectivity index (χ1n) is 8.76. The topological polar surface area (TPSA) is 82.3 Å². The summed E-state index contributed by atoms with van der Waals surface area (Å²) in [6, 6.07) is 9.57. The van der Waals surface area contributed by atoms with Crippen LogP contribution in [0.25, 0.3) is 28.7 Å². The van der Waals surface area contributed by atoms with Crippen molar-refractivity contribution >= 4 is 0 Å². The molecule has 4 aromatic rings. The summed E-state index contributed by atoms with van der Waals surface area (Å²) in [5.74, 6) is 2.95. The maximum atomic E-state index is 4.72. The van der Waals surface area contributed by atoms with Crippen molar-refractivity contribution < 1.29 is 0 Å². The molecule has 7 nitrogen and oxygen atoms in total. The van der Waals surface area contributed by atoms with Crippen molar-refractivity contribution in [1.82, 2.24) is 34.7 Å². The van der Waals surface area contributed by atoms with E-state index in [0.717, 1.165) is 28.5 Å². The first-order valence-corrected chi connectivity index (χ1v) is 8.76. The van der Waals surface area contributed by atoms with Gasteiger partial charge in [0.05, 0.1) is 5.56 Å². The van der Waals surface area contributed by atoms with Gasteiger partial charge in [-0.15, -0.1) is 5.10 Å². The van der Waals surface area contributed by atoms with Crippen LogP contribution >= 0.6 is 0 Å². The molecule has 4 rings (SSSR count). The fraction of sp³-hybridized carbons (Fsp3) is 0.200. The second-order valence-corrected chi connectivity index (χ2v) is 6.51. The number of rotatable bonds is 4. The zero-order chi connectivity index (χ0) is 18.8. The summed E-state index contributed by atoms with van der Waals surface area (Å²) in [5.41, 5.74) is 2.53. The maximum absolute atomic E-state index is 4.72. The molecule has 4 aromatic heterocycles. The number of hydrogen-bond acceptors (Lipinski definition) is 6. The molecule has 0 aliphatic heterocycles. The van der Waals surface area contributed by atoms with E-state index in [2.05, 4.69) is 38.9 Å². The smallest absolute Gasteiger partial charge is 0.178 e. The number of pyridine rings is 2. The molecule has 134 valence electrons.